The number of unbranched alkanes of at least 4 members (excludes halogenated alkanes) is 2. The number of carbonyl (C=O) groups excluding carboxylic acids is 5. The van der Waals surface area contributed by atoms with Crippen molar-refractivity contribution in [2.45, 2.75) is 127 Å². The zero-order valence-corrected chi connectivity index (χ0v) is 60.1. The second-order valence-electron chi connectivity index (χ2n) is 28.7. The summed E-state index contributed by atoms with van der Waals surface area (Å²) < 4.78 is 116. The second-order valence-corrected chi connectivity index (χ2v) is 28.7. The number of amides is 5. The van der Waals surface area contributed by atoms with Gasteiger partial charge in [0.15, 0.2) is 0 Å². The Hall–Kier alpha value is -8.74. The SMILES string of the molecule is CN(CCN1CCC(OC(=O)Nc2ccccc2-c2ccccc2)CC1)C(=O)CCCCCN(Cc1ccccc1)Cc1ccc(C(=O)N(C)CCCN(C)C(=O)CO[C@H]2CC3=C(CCC=C3)C23CCN(CC[C@@]2(c4ccc(F)cc4)CN(C(=O)c4cc(C(F)(F)F)cc(C(F)(F)F)c4)CO2)CC3)cc1. The van der Waals surface area contributed by atoms with E-state index < -0.39 is 59.2 Å². The van der Waals surface area contributed by atoms with E-state index in [1.165, 1.54) is 41.0 Å². The van der Waals surface area contributed by atoms with Crippen LogP contribution in [0.4, 0.5) is 41.2 Å². The lowest BCUT2D eigenvalue weighted by molar-refractivity contribution is -0.143. The zero-order chi connectivity index (χ0) is 74.3. The van der Waals surface area contributed by atoms with Crippen LogP contribution in [0.5, 0.6) is 0 Å². The summed E-state index contributed by atoms with van der Waals surface area (Å²) in [5.74, 6) is -1.76. The number of para-hydroxylation sites is 1. The molecule has 1 N–H and O–H groups in total. The van der Waals surface area contributed by atoms with Gasteiger partial charge in [-0.05, 0) is 167 Å². The summed E-state index contributed by atoms with van der Waals surface area (Å²) >= 11 is 0. The molecule has 3 aliphatic heterocycles. The van der Waals surface area contributed by atoms with Gasteiger partial charge in [0, 0.05) is 109 Å². The molecule has 16 nitrogen and oxygen atoms in total. The Morgan fingerprint density at radius 3 is 1.95 bits per heavy atom. The predicted molar refractivity (Wildman–Crippen MR) is 388 cm³/mol. The summed E-state index contributed by atoms with van der Waals surface area (Å²) in [4.78, 5) is 80.8. The van der Waals surface area contributed by atoms with Crippen molar-refractivity contribution in [3.05, 3.63) is 220 Å². The highest BCUT2D eigenvalue weighted by Gasteiger charge is 2.51. The lowest BCUT2D eigenvalue weighted by Gasteiger charge is -2.45. The first-order valence-corrected chi connectivity index (χ1v) is 36.6. The van der Waals surface area contributed by atoms with Crippen LogP contribution in [0.3, 0.4) is 0 Å². The lowest BCUT2D eigenvalue weighted by atomic mass is 9.69. The fourth-order valence-corrected chi connectivity index (χ4v) is 15.4. The Bertz CT molecular complexity index is 3960. The number of fused-ring (bicyclic) bond motifs is 1. The van der Waals surface area contributed by atoms with E-state index in [9.17, 15) is 54.7 Å². The summed E-state index contributed by atoms with van der Waals surface area (Å²) in [5.41, 5.74) is 2.98. The number of anilines is 1. The number of hydrogen-bond acceptors (Lipinski definition) is 11. The quantitative estimate of drug-likeness (QED) is 0.0353. The smallest absolute Gasteiger partial charge is 0.416 e. The van der Waals surface area contributed by atoms with Crippen LogP contribution in [-0.4, -0.2) is 183 Å². The van der Waals surface area contributed by atoms with E-state index in [0.717, 1.165) is 112 Å². The van der Waals surface area contributed by atoms with Crippen LogP contribution >= 0.6 is 0 Å². The Balaban J connectivity index is 0.592. The summed E-state index contributed by atoms with van der Waals surface area (Å²) in [7, 11) is 5.37. The standard InChI is InChI=1S/C82H95F7N8O8/c1-91(75(99)56-103-73-52-63-22-12-14-24-71(63)79(73)37-45-95(46-38-79)47-39-80(65-31-33-68(83)34-32-65)57-97(58-104-80)77(101)64-50-66(81(84,85)86)53-67(51-64)82(87,88)89)40-17-41-93(3)76(100)62-29-27-60(28-30-62)55-96(54-59-18-7-4-8-19-59)42-16-6-11-26-74(98)92(2)48-49-94-43-35-69(36-44-94)105-78(102)90-72-25-15-13-23-70(72)61-20-9-5-10-21-61/h4-5,7-10,12-13,15,18-23,25,27-34,50-51,53,69,73H,6,11,14,16-17,24,26,35-49,52,54-58H2,1-3H3,(H,90,102)/t73-,80-/m0/s1. The Morgan fingerprint density at radius 2 is 1.27 bits per heavy atom. The number of allylic oxidation sites excluding steroid dienone is 2. The van der Waals surface area contributed by atoms with Gasteiger partial charge in [-0.15, -0.1) is 0 Å². The molecule has 0 aromatic heterocycles. The molecule has 2 atom stereocenters. The fourth-order valence-electron chi connectivity index (χ4n) is 15.4. The minimum absolute atomic E-state index is 0.0227. The molecule has 5 aliphatic rings. The van der Waals surface area contributed by atoms with Gasteiger partial charge >= 0.3 is 18.4 Å². The average molecular weight is 1450 g/mol. The van der Waals surface area contributed by atoms with Gasteiger partial charge in [0.2, 0.25) is 11.8 Å². The molecular weight excluding hydrogens is 1360 g/mol. The Labute approximate surface area is 610 Å². The van der Waals surface area contributed by atoms with Crippen LogP contribution in [0.1, 0.15) is 132 Å². The van der Waals surface area contributed by atoms with Crippen molar-refractivity contribution in [2.24, 2.45) is 5.41 Å². The first-order chi connectivity index (χ1) is 50.4. The van der Waals surface area contributed by atoms with Crippen molar-refractivity contribution in [3.8, 4) is 11.1 Å². The fraction of sp³-hybridized carbons (Fsp3) is 0.451. The highest BCUT2D eigenvalue weighted by Crippen LogP contribution is 2.55. The highest BCUT2D eigenvalue weighted by molar-refractivity contribution is 5.95. The number of nitrogens with zero attached hydrogens (tertiary/aromatic N) is 7. The highest BCUT2D eigenvalue weighted by atomic mass is 19.4. The predicted octanol–water partition coefficient (Wildman–Crippen LogP) is 15.1. The number of likely N-dealkylation sites (tertiary alicyclic amines) is 2. The minimum Gasteiger partial charge on any atom is -0.446 e. The monoisotopic (exact) mass is 1450 g/mol. The number of carbonyl (C=O) groups is 5. The van der Waals surface area contributed by atoms with Gasteiger partial charge in [0.1, 0.15) is 30.9 Å². The van der Waals surface area contributed by atoms with Crippen LogP contribution in [0.25, 0.3) is 11.1 Å². The third-order valence-electron chi connectivity index (χ3n) is 21.5. The molecule has 1 spiro atoms. The topological polar surface area (TPSA) is 148 Å². The van der Waals surface area contributed by atoms with Crippen LogP contribution in [0, 0.1) is 11.2 Å². The van der Waals surface area contributed by atoms with Crippen LogP contribution in [0.15, 0.2) is 175 Å². The first kappa shape index (κ1) is 77.4. The molecule has 3 saturated heterocycles. The molecule has 105 heavy (non-hydrogen) atoms. The maximum Gasteiger partial charge on any atom is 0.416 e. The number of benzene rings is 6. The van der Waals surface area contributed by atoms with Crippen molar-refractivity contribution in [1.82, 2.24) is 34.3 Å². The number of ether oxygens (including phenoxy) is 3. The number of hydrogen-bond donors (Lipinski definition) is 1. The molecule has 6 aromatic rings. The van der Waals surface area contributed by atoms with Gasteiger partial charge in [-0.25, -0.2) is 9.18 Å². The van der Waals surface area contributed by atoms with Gasteiger partial charge < -0.3 is 43.6 Å². The summed E-state index contributed by atoms with van der Waals surface area (Å²) in [5, 5.41) is 2.95. The molecule has 0 unspecified atom stereocenters. The zero-order valence-electron chi connectivity index (χ0n) is 60.1. The molecule has 11 rings (SSSR count). The Morgan fingerprint density at radius 1 is 0.638 bits per heavy atom. The van der Waals surface area contributed by atoms with Crippen molar-refractivity contribution >= 4 is 35.4 Å². The van der Waals surface area contributed by atoms with Crippen molar-refractivity contribution in [2.75, 3.05) is 112 Å². The molecule has 0 radical (unpaired) electrons. The van der Waals surface area contributed by atoms with Gasteiger partial charge in [-0.2, -0.15) is 26.3 Å². The normalized spacial score (nSPS) is 18.5. The summed E-state index contributed by atoms with van der Waals surface area (Å²) in [6.07, 6.45) is 2.36. The number of piperidine rings is 2. The van der Waals surface area contributed by atoms with Crippen molar-refractivity contribution in [1.29, 1.82) is 0 Å². The second kappa shape index (κ2) is 35.1. The molecule has 560 valence electrons. The average Bonchev–Trinajstić information content (AvgIpc) is 1.60. The third-order valence-corrected chi connectivity index (χ3v) is 21.5. The van der Waals surface area contributed by atoms with Crippen LogP contribution in [-0.2, 0) is 54.8 Å². The van der Waals surface area contributed by atoms with Crippen LogP contribution in [0.2, 0.25) is 0 Å². The molecule has 3 fully saturated rings. The summed E-state index contributed by atoms with van der Waals surface area (Å²) in [6.45, 7) is 7.00. The van der Waals surface area contributed by atoms with E-state index in [2.05, 4.69) is 44.3 Å². The molecule has 2 aliphatic carbocycles. The lowest BCUT2D eigenvalue weighted by Crippen LogP contribution is -2.48. The molecule has 0 bridgehead atoms. The van der Waals surface area contributed by atoms with E-state index in [-0.39, 0.29) is 61.0 Å². The Kier molecular flexibility index (Phi) is 25.9. The molecule has 6 aromatic carbocycles. The van der Waals surface area contributed by atoms with Crippen LogP contribution < -0.4 is 5.32 Å². The number of likely N-dealkylation sites (N-methyl/N-ethyl adjacent to an activating group) is 2. The minimum atomic E-state index is -5.15. The molecule has 23 heteroatoms. The van der Waals surface area contributed by atoms with E-state index in [4.69, 9.17) is 14.2 Å². The molecule has 3 heterocycles. The largest absolute Gasteiger partial charge is 0.446 e. The van der Waals surface area contributed by atoms with Gasteiger partial charge in [-0.3, -0.25) is 29.4 Å². The summed E-state index contributed by atoms with van der Waals surface area (Å²) in [6, 6.07) is 42.0. The van der Waals surface area contributed by atoms with E-state index in [1.54, 1.807) is 23.9 Å². The van der Waals surface area contributed by atoms with Crippen molar-refractivity contribution < 1.29 is 68.9 Å². The maximum atomic E-state index is 14.3. The van der Waals surface area contributed by atoms with Gasteiger partial charge in [0.05, 0.1) is 29.5 Å². The van der Waals surface area contributed by atoms with E-state index in [1.807, 2.05) is 109 Å². The third kappa shape index (κ3) is 20.3. The first-order valence-electron chi connectivity index (χ1n) is 36.6. The van der Waals surface area contributed by atoms with Gasteiger partial charge in [0.25, 0.3) is 11.8 Å². The molecule has 5 amide bonds. The molecule has 0 saturated carbocycles. The number of alkyl halides is 6. The number of rotatable bonds is 29. The number of halogens is 7. The maximum absolute atomic E-state index is 14.3. The molecular formula is C82H95F7N8O8. The van der Waals surface area contributed by atoms with E-state index >= 15 is 0 Å². The van der Waals surface area contributed by atoms with Crippen molar-refractivity contribution in [3.63, 3.8) is 0 Å². The van der Waals surface area contributed by atoms with E-state index in [0.29, 0.717) is 94.0 Å². The number of nitrogens with one attached hydrogen (secondary N) is 1. The van der Waals surface area contributed by atoms with Gasteiger partial charge in [-0.1, -0.05) is 127 Å².